The molecular weight excluding hydrogens is 358 g/mol. The molecule has 7 heteroatoms. The van der Waals surface area contributed by atoms with E-state index in [0.717, 1.165) is 17.7 Å². The fraction of sp³-hybridized carbons (Fsp3) is 0.286. The molecular formula is C21H23N3O4. The van der Waals surface area contributed by atoms with Gasteiger partial charge in [0.15, 0.2) is 6.10 Å². The Hall–Kier alpha value is -3.35. The van der Waals surface area contributed by atoms with E-state index in [0.29, 0.717) is 11.4 Å². The topological polar surface area (TPSA) is 87.7 Å². The molecule has 2 aromatic rings. The molecule has 0 saturated heterocycles. The number of hydrogen-bond donors (Lipinski definition) is 2. The van der Waals surface area contributed by atoms with Crippen LogP contribution in [0.5, 0.6) is 5.75 Å². The van der Waals surface area contributed by atoms with Gasteiger partial charge >= 0.3 is 0 Å². The van der Waals surface area contributed by atoms with Gasteiger partial charge in [-0.2, -0.15) is 0 Å². The molecule has 1 aliphatic rings. The minimum Gasteiger partial charge on any atom is -0.477 e. The lowest BCUT2D eigenvalue weighted by atomic mass is 10.1. The second-order valence-electron chi connectivity index (χ2n) is 6.48. The quantitative estimate of drug-likeness (QED) is 0.830. The van der Waals surface area contributed by atoms with Gasteiger partial charge in [-0.15, -0.1) is 0 Å². The average molecular weight is 381 g/mol. The summed E-state index contributed by atoms with van der Waals surface area (Å²) in [4.78, 5) is 38.1. The third-order valence-corrected chi connectivity index (χ3v) is 4.54. The van der Waals surface area contributed by atoms with Crippen LogP contribution in [0.1, 0.15) is 19.4 Å². The largest absolute Gasteiger partial charge is 0.477 e. The number of carbonyl (C=O) groups excluding carboxylic acids is 3. The molecule has 0 spiro atoms. The molecule has 28 heavy (non-hydrogen) atoms. The zero-order valence-electron chi connectivity index (χ0n) is 15.9. The number of amides is 3. The van der Waals surface area contributed by atoms with Crippen molar-refractivity contribution < 1.29 is 19.1 Å². The number of anilines is 2. The second-order valence-corrected chi connectivity index (χ2v) is 6.48. The van der Waals surface area contributed by atoms with E-state index in [-0.39, 0.29) is 24.9 Å². The van der Waals surface area contributed by atoms with Gasteiger partial charge in [0.1, 0.15) is 5.75 Å². The smallest absolute Gasteiger partial charge is 0.263 e. The molecule has 0 aromatic heterocycles. The van der Waals surface area contributed by atoms with Crippen molar-refractivity contribution in [3.8, 4) is 5.75 Å². The van der Waals surface area contributed by atoms with Crippen LogP contribution in [0.3, 0.4) is 0 Å². The van der Waals surface area contributed by atoms with Crippen LogP contribution in [0.2, 0.25) is 0 Å². The van der Waals surface area contributed by atoms with Crippen molar-refractivity contribution >= 4 is 29.1 Å². The van der Waals surface area contributed by atoms with Crippen molar-refractivity contribution in [2.75, 3.05) is 23.3 Å². The third-order valence-electron chi connectivity index (χ3n) is 4.54. The summed E-state index contributed by atoms with van der Waals surface area (Å²) in [5, 5.41) is 5.39. The molecule has 0 unspecified atom stereocenters. The molecule has 3 rings (SSSR count). The maximum absolute atomic E-state index is 12.5. The number of rotatable bonds is 5. The van der Waals surface area contributed by atoms with Crippen molar-refractivity contribution in [2.24, 2.45) is 0 Å². The maximum Gasteiger partial charge on any atom is 0.263 e. The molecule has 0 radical (unpaired) electrons. The number of para-hydroxylation sites is 3. The summed E-state index contributed by atoms with van der Waals surface area (Å²) < 4.78 is 5.72. The van der Waals surface area contributed by atoms with Crippen molar-refractivity contribution in [3.05, 3.63) is 54.1 Å². The molecule has 0 aliphatic carbocycles. The molecule has 146 valence electrons. The third kappa shape index (κ3) is 4.31. The van der Waals surface area contributed by atoms with Gasteiger partial charge in [-0.25, -0.2) is 0 Å². The fourth-order valence-electron chi connectivity index (χ4n) is 3.10. The molecule has 0 fully saturated rings. The molecule has 0 saturated carbocycles. The molecule has 0 bridgehead atoms. The second kappa shape index (κ2) is 8.56. The van der Waals surface area contributed by atoms with Gasteiger partial charge in [0.05, 0.1) is 18.8 Å². The van der Waals surface area contributed by atoms with Crippen LogP contribution in [-0.2, 0) is 20.8 Å². The summed E-state index contributed by atoms with van der Waals surface area (Å²) in [5.74, 6) is -0.485. The number of hydrogen-bond acceptors (Lipinski definition) is 4. The van der Waals surface area contributed by atoms with E-state index in [1.807, 2.05) is 31.2 Å². The van der Waals surface area contributed by atoms with Gasteiger partial charge in [0.25, 0.3) is 5.91 Å². The molecule has 1 heterocycles. The van der Waals surface area contributed by atoms with Crippen LogP contribution >= 0.6 is 0 Å². The Labute approximate surface area is 163 Å². The minimum atomic E-state index is -0.880. The highest BCUT2D eigenvalue weighted by Gasteiger charge is 2.32. The Balaban J connectivity index is 1.60. The van der Waals surface area contributed by atoms with E-state index in [9.17, 15) is 14.4 Å². The van der Waals surface area contributed by atoms with E-state index < -0.39 is 12.0 Å². The fourth-order valence-corrected chi connectivity index (χ4v) is 3.10. The predicted octanol–water partition coefficient (Wildman–Crippen LogP) is 2.12. The first-order valence-electron chi connectivity index (χ1n) is 9.19. The summed E-state index contributed by atoms with van der Waals surface area (Å²) in [5.41, 5.74) is 2.38. The molecule has 1 aliphatic heterocycles. The van der Waals surface area contributed by atoms with Gasteiger partial charge in [0.2, 0.25) is 11.8 Å². The molecule has 3 amide bonds. The Morgan fingerprint density at radius 3 is 2.57 bits per heavy atom. The first kappa shape index (κ1) is 19.4. The Kier molecular flexibility index (Phi) is 5.93. The van der Waals surface area contributed by atoms with Gasteiger partial charge < -0.3 is 20.3 Å². The number of carbonyl (C=O) groups is 3. The lowest BCUT2D eigenvalue weighted by Gasteiger charge is -2.33. The molecule has 2 aromatic carbocycles. The number of benzene rings is 2. The number of nitrogens with one attached hydrogen (secondary N) is 2. The van der Waals surface area contributed by atoms with Gasteiger partial charge in [-0.1, -0.05) is 37.3 Å². The van der Waals surface area contributed by atoms with Gasteiger partial charge in [-0.05, 0) is 30.2 Å². The lowest BCUT2D eigenvalue weighted by Crippen LogP contribution is -2.51. The zero-order valence-corrected chi connectivity index (χ0v) is 15.9. The number of nitrogens with zero attached hydrogens (tertiary/aromatic N) is 1. The average Bonchev–Trinajstić information content (AvgIpc) is 2.71. The van der Waals surface area contributed by atoms with Gasteiger partial charge in [0, 0.05) is 12.6 Å². The van der Waals surface area contributed by atoms with Crippen molar-refractivity contribution in [1.82, 2.24) is 5.32 Å². The standard InChI is InChI=1S/C21H23N3O4/c1-3-15-8-4-5-9-16(15)23-20(26)12-22-21(27)19-13-24(14(2)25)17-10-6-7-11-18(17)28-19/h4-11,19H,3,12-13H2,1-2H3,(H,22,27)(H,23,26)/t19-/m1/s1. The van der Waals surface area contributed by atoms with Crippen LogP contribution in [0.25, 0.3) is 0 Å². The number of fused-ring (bicyclic) bond motifs is 1. The Morgan fingerprint density at radius 2 is 1.82 bits per heavy atom. The van der Waals surface area contributed by atoms with E-state index in [1.54, 1.807) is 24.3 Å². The molecule has 7 nitrogen and oxygen atoms in total. The Morgan fingerprint density at radius 1 is 1.11 bits per heavy atom. The summed E-state index contributed by atoms with van der Waals surface area (Å²) >= 11 is 0. The lowest BCUT2D eigenvalue weighted by molar-refractivity contribution is -0.130. The van der Waals surface area contributed by atoms with Crippen LogP contribution < -0.4 is 20.3 Å². The van der Waals surface area contributed by atoms with Crippen LogP contribution in [0, 0.1) is 0 Å². The first-order chi connectivity index (χ1) is 13.5. The maximum atomic E-state index is 12.5. The van der Waals surface area contributed by atoms with Crippen molar-refractivity contribution in [2.45, 2.75) is 26.4 Å². The van der Waals surface area contributed by atoms with Crippen LogP contribution in [-0.4, -0.2) is 36.9 Å². The van der Waals surface area contributed by atoms with E-state index in [2.05, 4.69) is 10.6 Å². The van der Waals surface area contributed by atoms with Gasteiger partial charge in [-0.3, -0.25) is 14.4 Å². The Bertz CT molecular complexity index is 897. The molecule has 2 N–H and O–H groups in total. The van der Waals surface area contributed by atoms with Crippen LogP contribution in [0.4, 0.5) is 11.4 Å². The van der Waals surface area contributed by atoms with E-state index in [1.165, 1.54) is 11.8 Å². The highest BCUT2D eigenvalue weighted by Crippen LogP contribution is 2.33. The summed E-state index contributed by atoms with van der Waals surface area (Å²) in [6.45, 7) is 3.36. The number of aryl methyl sites for hydroxylation is 1. The summed E-state index contributed by atoms with van der Waals surface area (Å²) in [7, 11) is 0. The van der Waals surface area contributed by atoms with Crippen molar-refractivity contribution in [3.63, 3.8) is 0 Å². The first-order valence-corrected chi connectivity index (χ1v) is 9.19. The van der Waals surface area contributed by atoms with Crippen molar-refractivity contribution in [1.29, 1.82) is 0 Å². The van der Waals surface area contributed by atoms with Crippen LogP contribution in [0.15, 0.2) is 48.5 Å². The monoisotopic (exact) mass is 381 g/mol. The zero-order chi connectivity index (χ0) is 20.1. The summed E-state index contributed by atoms with van der Waals surface area (Å²) in [6, 6.07) is 14.6. The van der Waals surface area contributed by atoms with E-state index >= 15 is 0 Å². The minimum absolute atomic E-state index is 0.0957. The predicted molar refractivity (Wildman–Crippen MR) is 106 cm³/mol. The number of ether oxygens (including phenoxy) is 1. The van der Waals surface area contributed by atoms with E-state index in [4.69, 9.17) is 4.74 Å². The highest BCUT2D eigenvalue weighted by molar-refractivity contribution is 5.98. The SMILES string of the molecule is CCc1ccccc1NC(=O)CNC(=O)[C@H]1CN(C(C)=O)c2ccccc2O1. The highest BCUT2D eigenvalue weighted by atomic mass is 16.5. The molecule has 1 atom stereocenters. The summed E-state index contributed by atoms with van der Waals surface area (Å²) in [6.07, 6.45) is -0.0894. The normalized spacial score (nSPS) is 15.2.